The molecule has 1 heterocycles. The van der Waals surface area contributed by atoms with Crippen LogP contribution in [0.4, 0.5) is 9.59 Å². The first-order valence-electron chi connectivity index (χ1n) is 10.9. The summed E-state index contributed by atoms with van der Waals surface area (Å²) in [5.41, 5.74) is -0.700. The number of hydrogen-bond acceptors (Lipinski definition) is 8. The summed E-state index contributed by atoms with van der Waals surface area (Å²) in [5.74, 6) is -1.42. The van der Waals surface area contributed by atoms with Crippen molar-refractivity contribution in [2.75, 3.05) is 39.1 Å². The van der Waals surface area contributed by atoms with E-state index < -0.39 is 49.1 Å². The number of nitrogens with one attached hydrogen (secondary N) is 2. The van der Waals surface area contributed by atoms with Crippen molar-refractivity contribution in [1.82, 2.24) is 20.4 Å². The molecule has 2 N–H and O–H groups in total. The molecule has 0 aromatic carbocycles. The van der Waals surface area contributed by atoms with Gasteiger partial charge >= 0.3 is 19.7 Å². The Morgan fingerprint density at radius 1 is 1.24 bits per heavy atom. The maximum Gasteiger partial charge on any atom is 0.407 e. The van der Waals surface area contributed by atoms with Gasteiger partial charge in [-0.1, -0.05) is 6.92 Å². The van der Waals surface area contributed by atoms with Crippen LogP contribution in [0.3, 0.4) is 0 Å². The molecule has 0 bridgehead atoms. The average molecular weight is 493 g/mol. The molecule has 5 amide bonds. The monoisotopic (exact) mass is 492 g/mol. The van der Waals surface area contributed by atoms with Crippen molar-refractivity contribution in [3.8, 4) is 0 Å². The minimum atomic E-state index is -3.66. The van der Waals surface area contributed by atoms with E-state index in [9.17, 15) is 23.7 Å². The molecule has 1 rings (SSSR count). The normalized spacial score (nSPS) is 17.9. The number of carbonyl (C=O) groups excluding carboxylic acids is 4. The minimum absolute atomic E-state index is 0.0356. The van der Waals surface area contributed by atoms with Gasteiger partial charge in [-0.15, -0.1) is 0 Å². The van der Waals surface area contributed by atoms with Crippen molar-refractivity contribution >= 4 is 31.5 Å². The molecule has 12 nitrogen and oxygen atoms in total. The van der Waals surface area contributed by atoms with Crippen molar-refractivity contribution in [3.63, 3.8) is 0 Å². The lowest BCUT2D eigenvalue weighted by Gasteiger charge is -2.34. The Bertz CT molecular complexity index is 760. The van der Waals surface area contributed by atoms with Gasteiger partial charge in [-0.25, -0.2) is 9.59 Å². The van der Waals surface area contributed by atoms with E-state index in [0.29, 0.717) is 0 Å². The fourth-order valence-corrected chi connectivity index (χ4v) is 4.76. The Morgan fingerprint density at radius 2 is 1.82 bits per heavy atom. The fourth-order valence-electron chi connectivity index (χ4n) is 3.05. The fraction of sp³-hybridized carbons (Fsp3) is 0.800. The van der Waals surface area contributed by atoms with E-state index in [2.05, 4.69) is 10.6 Å². The summed E-state index contributed by atoms with van der Waals surface area (Å²) in [6.45, 7) is 11.7. The summed E-state index contributed by atoms with van der Waals surface area (Å²) in [7, 11) is -3.66. The van der Waals surface area contributed by atoms with Gasteiger partial charge in [-0.2, -0.15) is 0 Å². The van der Waals surface area contributed by atoms with Gasteiger partial charge in [0.2, 0.25) is 11.8 Å². The Kier molecular flexibility index (Phi) is 10.8. The molecule has 1 fully saturated rings. The van der Waals surface area contributed by atoms with Gasteiger partial charge in [0.25, 0.3) is 0 Å². The zero-order chi connectivity index (χ0) is 25.4. The minimum Gasteiger partial charge on any atom is -0.444 e. The maximum absolute atomic E-state index is 13.1. The highest BCUT2D eigenvalue weighted by Crippen LogP contribution is 2.48. The molecule has 0 aromatic heterocycles. The molecule has 1 aliphatic heterocycles. The quantitative estimate of drug-likeness (QED) is 0.418. The molecular weight excluding hydrogens is 455 g/mol. The first kappa shape index (κ1) is 28.9. The first-order valence-corrected chi connectivity index (χ1v) is 12.7. The van der Waals surface area contributed by atoms with Gasteiger partial charge in [0, 0.05) is 19.1 Å². The molecule has 1 saturated heterocycles. The number of urea groups is 1. The van der Waals surface area contributed by atoms with Crippen LogP contribution in [-0.2, 0) is 27.9 Å². The number of carbonyl (C=O) groups is 4. The van der Waals surface area contributed by atoms with E-state index >= 15 is 0 Å². The van der Waals surface area contributed by atoms with Crippen molar-refractivity contribution in [2.24, 2.45) is 5.92 Å². The predicted octanol–water partition coefficient (Wildman–Crippen LogP) is 2.14. The average Bonchev–Trinajstić information content (AvgIpc) is 2.64. The maximum atomic E-state index is 13.1. The van der Waals surface area contributed by atoms with Gasteiger partial charge in [-0.3, -0.25) is 19.5 Å². The lowest BCUT2D eigenvalue weighted by molar-refractivity contribution is -0.133. The molecule has 2 atom stereocenters. The lowest BCUT2D eigenvalue weighted by atomic mass is 10.1. The van der Waals surface area contributed by atoms with Gasteiger partial charge in [0.1, 0.15) is 18.4 Å². The smallest absolute Gasteiger partial charge is 0.407 e. The number of nitrogens with zero attached hydrogens (tertiary/aromatic N) is 2. The Morgan fingerprint density at radius 3 is 2.33 bits per heavy atom. The Balaban J connectivity index is 2.99. The van der Waals surface area contributed by atoms with Crippen LogP contribution in [0.1, 0.15) is 48.5 Å². The molecule has 0 saturated carbocycles. The summed E-state index contributed by atoms with van der Waals surface area (Å²) < 4.78 is 28.9. The summed E-state index contributed by atoms with van der Waals surface area (Å²) >= 11 is 0. The standard InChI is InChI=1S/C20H37N4O8P/c1-8-30-33(29,31-9-2)13-24(11-15(4)21-19(28)32-20(5,6)7)16(25)12-23-10-14(3)17(26)22-18(23)27/h14-15H,8-13H2,1-7H3,(H,21,28)(H,22,26,27)/t14?,15-/m0/s1. The summed E-state index contributed by atoms with van der Waals surface area (Å²) in [4.78, 5) is 51.5. The Labute approximate surface area is 195 Å². The zero-order valence-corrected chi connectivity index (χ0v) is 21.4. The van der Waals surface area contributed by atoms with Crippen molar-refractivity contribution < 1.29 is 37.5 Å². The summed E-state index contributed by atoms with van der Waals surface area (Å²) in [5, 5.41) is 4.83. The Hall–Kier alpha value is -2.17. The SMILES string of the molecule is CCOP(=O)(CN(C[C@H](C)NC(=O)OC(C)(C)C)C(=O)CN1CC(C)C(=O)NC1=O)OCC. The molecule has 33 heavy (non-hydrogen) atoms. The first-order chi connectivity index (χ1) is 15.2. The summed E-state index contributed by atoms with van der Waals surface area (Å²) in [6.07, 6.45) is -1.03. The molecule has 13 heteroatoms. The van der Waals surface area contributed by atoms with E-state index in [4.69, 9.17) is 13.8 Å². The van der Waals surface area contributed by atoms with Crippen LogP contribution in [0.25, 0.3) is 0 Å². The van der Waals surface area contributed by atoms with E-state index in [-0.39, 0.29) is 39.1 Å². The highest BCUT2D eigenvalue weighted by molar-refractivity contribution is 7.53. The number of hydrogen-bond donors (Lipinski definition) is 2. The van der Waals surface area contributed by atoms with Crippen LogP contribution >= 0.6 is 7.60 Å². The van der Waals surface area contributed by atoms with E-state index in [1.165, 1.54) is 9.80 Å². The van der Waals surface area contributed by atoms with Gasteiger partial charge in [0.15, 0.2) is 0 Å². The van der Waals surface area contributed by atoms with Crippen molar-refractivity contribution in [1.29, 1.82) is 0 Å². The van der Waals surface area contributed by atoms with Gasteiger partial charge < -0.3 is 28.9 Å². The van der Waals surface area contributed by atoms with Crippen LogP contribution in [-0.4, -0.2) is 84.5 Å². The number of ether oxygens (including phenoxy) is 1. The molecular formula is C20H37N4O8P. The third-order valence-electron chi connectivity index (χ3n) is 4.39. The van der Waals surface area contributed by atoms with E-state index in [1.54, 1.807) is 48.5 Å². The molecule has 0 aliphatic carbocycles. The second-order valence-corrected chi connectivity index (χ2v) is 10.8. The van der Waals surface area contributed by atoms with Gasteiger partial charge in [0.05, 0.1) is 19.1 Å². The zero-order valence-electron chi connectivity index (χ0n) is 20.5. The van der Waals surface area contributed by atoms with Crippen LogP contribution < -0.4 is 10.6 Å². The molecule has 0 spiro atoms. The third-order valence-corrected chi connectivity index (χ3v) is 6.38. The third kappa shape index (κ3) is 10.1. The van der Waals surface area contributed by atoms with Gasteiger partial charge in [-0.05, 0) is 41.5 Å². The predicted molar refractivity (Wildman–Crippen MR) is 121 cm³/mol. The molecule has 0 aromatic rings. The van der Waals surface area contributed by atoms with E-state index in [1.807, 2.05) is 0 Å². The van der Waals surface area contributed by atoms with Crippen LogP contribution in [0.5, 0.6) is 0 Å². The molecule has 1 unspecified atom stereocenters. The van der Waals surface area contributed by atoms with E-state index in [0.717, 1.165) is 0 Å². The number of amides is 5. The molecule has 0 radical (unpaired) electrons. The molecule has 1 aliphatic rings. The second kappa shape index (κ2) is 12.3. The van der Waals surface area contributed by atoms with Crippen LogP contribution in [0, 0.1) is 5.92 Å². The highest BCUT2D eigenvalue weighted by Gasteiger charge is 2.35. The van der Waals surface area contributed by atoms with Crippen molar-refractivity contribution in [2.45, 2.75) is 60.1 Å². The largest absolute Gasteiger partial charge is 0.444 e. The topological polar surface area (TPSA) is 144 Å². The number of rotatable bonds is 11. The second-order valence-electron chi connectivity index (χ2n) is 8.83. The van der Waals surface area contributed by atoms with Crippen LogP contribution in [0.15, 0.2) is 0 Å². The number of imide groups is 1. The number of alkyl carbamates (subject to hydrolysis) is 1. The lowest BCUT2D eigenvalue weighted by Crippen LogP contribution is -2.57. The highest BCUT2D eigenvalue weighted by atomic mass is 31.2. The summed E-state index contributed by atoms with van der Waals surface area (Å²) in [6, 6.07) is -1.25. The molecule has 190 valence electrons. The van der Waals surface area contributed by atoms with Crippen LogP contribution in [0.2, 0.25) is 0 Å². The van der Waals surface area contributed by atoms with Crippen molar-refractivity contribution in [3.05, 3.63) is 0 Å².